The number of aryl methyl sites for hydroxylation is 2. The molecule has 1 saturated carbocycles. The average Bonchev–Trinajstić information content (AvgIpc) is 3.38. The van der Waals surface area contributed by atoms with Crippen LogP contribution in [0.2, 0.25) is 0 Å². The van der Waals surface area contributed by atoms with Crippen LogP contribution in [0.3, 0.4) is 0 Å². The molecule has 7 nitrogen and oxygen atoms in total. The van der Waals surface area contributed by atoms with Crippen molar-refractivity contribution < 1.29 is 15.0 Å². The highest BCUT2D eigenvalue weighted by molar-refractivity contribution is 5.93. The lowest BCUT2D eigenvalue weighted by Crippen LogP contribution is -2.27. The normalized spacial score (nSPS) is 16.7. The summed E-state index contributed by atoms with van der Waals surface area (Å²) in [7, 11) is 2.07. The molecule has 2 aliphatic rings. The molecule has 4 N–H and O–H groups in total. The Bertz CT molecular complexity index is 1260. The Morgan fingerprint density at radius 2 is 2.03 bits per heavy atom. The van der Waals surface area contributed by atoms with E-state index in [1.165, 1.54) is 18.5 Å². The molecule has 0 atom stereocenters. The van der Waals surface area contributed by atoms with Crippen LogP contribution >= 0.6 is 0 Å². The Labute approximate surface area is 173 Å². The highest BCUT2D eigenvalue weighted by Crippen LogP contribution is 2.39. The Morgan fingerprint density at radius 3 is 2.73 bits per heavy atom. The maximum atomic E-state index is 12.4. The van der Waals surface area contributed by atoms with Gasteiger partial charge in [-0.3, -0.25) is 4.79 Å². The van der Waals surface area contributed by atoms with Gasteiger partial charge >= 0.3 is 5.97 Å². The second kappa shape index (κ2) is 6.47. The van der Waals surface area contributed by atoms with Crippen molar-refractivity contribution >= 4 is 16.9 Å². The molecule has 156 valence electrons. The number of carboxylic acids is 1. The number of fused-ring (bicyclic) bond motifs is 4. The number of carbonyl (C=O) groups is 1. The van der Waals surface area contributed by atoms with Gasteiger partial charge in [0.1, 0.15) is 5.75 Å². The lowest BCUT2D eigenvalue weighted by molar-refractivity contribution is 0.0691. The Hall–Kier alpha value is -3.06. The summed E-state index contributed by atoms with van der Waals surface area (Å²) < 4.78 is 2.20. The monoisotopic (exact) mass is 407 g/mol. The summed E-state index contributed by atoms with van der Waals surface area (Å²) in [6.07, 6.45) is 4.48. The van der Waals surface area contributed by atoms with Crippen LogP contribution in [0.1, 0.15) is 53.4 Å². The van der Waals surface area contributed by atoms with E-state index < -0.39 is 22.8 Å². The van der Waals surface area contributed by atoms with Crippen molar-refractivity contribution in [3.63, 3.8) is 0 Å². The number of nitrogens with one attached hydrogen (secondary N) is 2. The lowest BCUT2D eigenvalue weighted by atomic mass is 9.98. The number of aromatic hydroxyl groups is 1. The first-order chi connectivity index (χ1) is 14.3. The first-order valence-electron chi connectivity index (χ1n) is 10.4. The molecule has 0 saturated heterocycles. The number of pyridine rings is 1. The van der Waals surface area contributed by atoms with Crippen molar-refractivity contribution in [3.05, 3.63) is 50.9 Å². The molecule has 2 aromatic heterocycles. The molecule has 2 aliphatic carbocycles. The average molecular weight is 407 g/mol. The zero-order valence-electron chi connectivity index (χ0n) is 17.1. The van der Waals surface area contributed by atoms with E-state index in [4.69, 9.17) is 0 Å². The van der Waals surface area contributed by atoms with E-state index in [1.807, 2.05) is 6.07 Å². The zero-order chi connectivity index (χ0) is 21.2. The van der Waals surface area contributed by atoms with Crippen LogP contribution in [0.5, 0.6) is 5.75 Å². The van der Waals surface area contributed by atoms with E-state index in [2.05, 4.69) is 41.0 Å². The van der Waals surface area contributed by atoms with Gasteiger partial charge in [-0.2, -0.15) is 0 Å². The lowest BCUT2D eigenvalue weighted by Gasteiger charge is -2.13. The Balaban J connectivity index is 1.65. The van der Waals surface area contributed by atoms with Gasteiger partial charge in [-0.25, -0.2) is 4.79 Å². The minimum Gasteiger partial charge on any atom is -0.506 e. The van der Waals surface area contributed by atoms with Gasteiger partial charge in [0.25, 0.3) is 5.56 Å². The number of rotatable bonds is 4. The summed E-state index contributed by atoms with van der Waals surface area (Å²) in [4.78, 5) is 26.5. The van der Waals surface area contributed by atoms with Gasteiger partial charge < -0.3 is 25.1 Å². The van der Waals surface area contributed by atoms with Gasteiger partial charge in [0.15, 0.2) is 5.56 Å². The topological polar surface area (TPSA) is 107 Å². The quantitative estimate of drug-likeness (QED) is 0.532. The first kappa shape index (κ1) is 18.9. The summed E-state index contributed by atoms with van der Waals surface area (Å²) in [5.41, 5.74) is 4.20. The molecule has 0 amide bonds. The SMILES string of the molecule is Cn1c(CNC2(C)CC2)cc2cc3c(cc21)CCCc1c-3[nH]c(=O)c(C(=O)O)c1O. The number of hydrogen-bond donors (Lipinski definition) is 4. The van der Waals surface area contributed by atoms with Crippen molar-refractivity contribution in [2.75, 3.05) is 0 Å². The molecule has 0 radical (unpaired) electrons. The van der Waals surface area contributed by atoms with Crippen molar-refractivity contribution in [1.82, 2.24) is 14.9 Å². The minimum absolute atomic E-state index is 0.255. The predicted molar refractivity (Wildman–Crippen MR) is 114 cm³/mol. The number of aromatic nitrogens is 2. The van der Waals surface area contributed by atoms with E-state index in [0.29, 0.717) is 17.7 Å². The number of benzene rings is 1. The number of aromatic amines is 1. The van der Waals surface area contributed by atoms with Gasteiger partial charge in [-0.1, -0.05) is 0 Å². The van der Waals surface area contributed by atoms with Crippen LogP contribution in [0.15, 0.2) is 23.0 Å². The molecule has 7 heteroatoms. The maximum absolute atomic E-state index is 12.4. The number of H-pyrrole nitrogens is 1. The molecule has 2 heterocycles. The highest BCUT2D eigenvalue weighted by Gasteiger charge is 2.36. The molecule has 5 rings (SSSR count). The van der Waals surface area contributed by atoms with Crippen LogP contribution < -0.4 is 10.9 Å². The molecule has 1 fully saturated rings. The highest BCUT2D eigenvalue weighted by atomic mass is 16.4. The third-order valence-electron chi connectivity index (χ3n) is 6.71. The smallest absolute Gasteiger partial charge is 0.345 e. The Kier molecular flexibility index (Phi) is 4.08. The third kappa shape index (κ3) is 2.92. The summed E-state index contributed by atoms with van der Waals surface area (Å²) in [5.74, 6) is -1.83. The molecule has 0 aliphatic heterocycles. The third-order valence-corrected chi connectivity index (χ3v) is 6.71. The predicted octanol–water partition coefficient (Wildman–Crippen LogP) is 3.07. The molecule has 30 heavy (non-hydrogen) atoms. The molecule has 0 unspecified atom stereocenters. The minimum atomic E-state index is -1.42. The van der Waals surface area contributed by atoms with Crippen molar-refractivity contribution in [1.29, 1.82) is 0 Å². The number of carboxylic acid groups (broad SMARTS) is 1. The van der Waals surface area contributed by atoms with Crippen molar-refractivity contribution in [3.8, 4) is 17.0 Å². The second-order valence-electron chi connectivity index (χ2n) is 8.87. The molecular formula is C23H25N3O4. The fraction of sp³-hybridized carbons (Fsp3) is 0.391. The van der Waals surface area contributed by atoms with Gasteiger partial charge in [-0.05, 0) is 62.8 Å². The van der Waals surface area contributed by atoms with Crippen LogP contribution in [0.4, 0.5) is 0 Å². The fourth-order valence-electron chi connectivity index (χ4n) is 4.52. The van der Waals surface area contributed by atoms with E-state index >= 15 is 0 Å². The summed E-state index contributed by atoms with van der Waals surface area (Å²) in [6.45, 7) is 3.03. The number of aromatic carboxylic acids is 1. The van der Waals surface area contributed by atoms with Crippen LogP contribution in [-0.2, 0) is 26.4 Å². The molecule has 1 aromatic carbocycles. The van der Waals surface area contributed by atoms with Gasteiger partial charge in [0.2, 0.25) is 0 Å². The molecule has 3 aromatic rings. The van der Waals surface area contributed by atoms with Gasteiger partial charge in [0, 0.05) is 46.9 Å². The van der Waals surface area contributed by atoms with Crippen LogP contribution in [-0.4, -0.2) is 31.3 Å². The number of hydrogen-bond acceptors (Lipinski definition) is 4. The van der Waals surface area contributed by atoms with Gasteiger partial charge in [-0.15, -0.1) is 0 Å². The Morgan fingerprint density at radius 1 is 1.27 bits per heavy atom. The molecule has 0 bridgehead atoms. The van der Waals surface area contributed by atoms with Crippen molar-refractivity contribution in [2.24, 2.45) is 7.05 Å². The van der Waals surface area contributed by atoms with E-state index in [1.54, 1.807) is 0 Å². The number of nitrogens with zero attached hydrogens (tertiary/aromatic N) is 1. The molecular weight excluding hydrogens is 382 g/mol. The van der Waals surface area contributed by atoms with Crippen molar-refractivity contribution in [2.45, 2.75) is 51.1 Å². The van der Waals surface area contributed by atoms with Crippen LogP contribution in [0.25, 0.3) is 22.2 Å². The first-order valence-corrected chi connectivity index (χ1v) is 10.4. The second-order valence-corrected chi connectivity index (χ2v) is 8.87. The molecule has 0 spiro atoms. The van der Waals surface area contributed by atoms with Gasteiger partial charge in [0.05, 0.1) is 5.69 Å². The van der Waals surface area contributed by atoms with E-state index in [9.17, 15) is 19.8 Å². The largest absolute Gasteiger partial charge is 0.506 e. The summed E-state index contributed by atoms with van der Waals surface area (Å²) in [5, 5.41) is 24.5. The van der Waals surface area contributed by atoms with Crippen LogP contribution in [0, 0.1) is 0 Å². The van der Waals surface area contributed by atoms with E-state index in [0.717, 1.165) is 41.4 Å². The summed E-state index contributed by atoms with van der Waals surface area (Å²) >= 11 is 0. The summed E-state index contributed by atoms with van der Waals surface area (Å²) in [6, 6.07) is 6.36. The standard InChI is InChI=1S/C23H25N3O4/c1-23(6-7-23)24-11-14-8-13-9-16-12(10-17(13)26(14)2)4-3-5-15-19(16)25-21(28)18(20(15)27)22(29)30/h8-10,24H,3-7,11H2,1-2H3,(H,29,30)(H2,25,27,28). The fourth-order valence-corrected chi connectivity index (χ4v) is 4.52. The maximum Gasteiger partial charge on any atom is 0.345 e. The van der Waals surface area contributed by atoms with E-state index in [-0.39, 0.29) is 5.54 Å². The zero-order valence-corrected chi connectivity index (χ0v) is 17.1.